The summed E-state index contributed by atoms with van der Waals surface area (Å²) in [5.74, 6) is 2.48. The van der Waals surface area contributed by atoms with Crippen LogP contribution in [-0.2, 0) is 17.8 Å². The maximum atomic E-state index is 12.6. The number of hydrogen-bond acceptors (Lipinski definition) is 3. The molecule has 0 aromatic heterocycles. The van der Waals surface area contributed by atoms with Gasteiger partial charge in [-0.2, -0.15) is 11.8 Å². The molecule has 1 aromatic rings. The van der Waals surface area contributed by atoms with Crippen molar-refractivity contribution in [1.82, 2.24) is 9.80 Å². The SMILES string of the molecule is CC(C(=O)N1CCSCC1)N1CCc2ccccc2C1. The average Bonchev–Trinajstić information content (AvgIpc) is 2.54. The number of fused-ring (bicyclic) bond motifs is 1. The zero-order chi connectivity index (χ0) is 13.9. The second-order valence-corrected chi connectivity index (χ2v) is 6.83. The van der Waals surface area contributed by atoms with Gasteiger partial charge in [0.15, 0.2) is 0 Å². The van der Waals surface area contributed by atoms with Crippen molar-refractivity contribution in [2.75, 3.05) is 31.1 Å². The Labute approximate surface area is 125 Å². The van der Waals surface area contributed by atoms with Gasteiger partial charge >= 0.3 is 0 Å². The fourth-order valence-corrected chi connectivity index (χ4v) is 3.96. The first kappa shape index (κ1) is 14.0. The van der Waals surface area contributed by atoms with Crippen LogP contribution < -0.4 is 0 Å². The van der Waals surface area contributed by atoms with E-state index in [0.29, 0.717) is 5.91 Å². The number of carbonyl (C=O) groups excluding carboxylic acids is 1. The fourth-order valence-electron chi connectivity index (χ4n) is 3.05. The predicted molar refractivity (Wildman–Crippen MR) is 83.9 cm³/mol. The van der Waals surface area contributed by atoms with Crippen LogP contribution in [0.25, 0.3) is 0 Å². The van der Waals surface area contributed by atoms with Crippen molar-refractivity contribution >= 4 is 17.7 Å². The Morgan fingerprint density at radius 3 is 2.60 bits per heavy atom. The predicted octanol–water partition coefficient (Wildman–Crippen LogP) is 2.01. The van der Waals surface area contributed by atoms with E-state index in [0.717, 1.165) is 44.1 Å². The molecule has 108 valence electrons. The molecule has 1 atom stereocenters. The molecule has 3 nitrogen and oxygen atoms in total. The molecule has 1 saturated heterocycles. The van der Waals surface area contributed by atoms with E-state index in [-0.39, 0.29) is 6.04 Å². The topological polar surface area (TPSA) is 23.6 Å². The minimum Gasteiger partial charge on any atom is -0.340 e. The highest BCUT2D eigenvalue weighted by Gasteiger charge is 2.29. The highest BCUT2D eigenvalue weighted by molar-refractivity contribution is 7.99. The second kappa shape index (κ2) is 6.19. The molecular weight excluding hydrogens is 268 g/mol. The van der Waals surface area contributed by atoms with Crippen molar-refractivity contribution < 1.29 is 4.79 Å². The summed E-state index contributed by atoms with van der Waals surface area (Å²) in [6.45, 7) is 5.80. The summed E-state index contributed by atoms with van der Waals surface area (Å²) >= 11 is 1.95. The summed E-state index contributed by atoms with van der Waals surface area (Å²) in [6.07, 6.45) is 1.06. The molecule has 20 heavy (non-hydrogen) atoms. The molecule has 2 aliphatic rings. The molecule has 1 aromatic carbocycles. The minimum atomic E-state index is 0.00598. The molecule has 4 heteroatoms. The third kappa shape index (κ3) is 2.86. The molecule has 0 spiro atoms. The first-order valence-corrected chi connectivity index (χ1v) is 8.58. The third-order valence-electron chi connectivity index (χ3n) is 4.39. The van der Waals surface area contributed by atoms with Crippen molar-refractivity contribution in [3.05, 3.63) is 35.4 Å². The van der Waals surface area contributed by atoms with Crippen molar-refractivity contribution in [3.8, 4) is 0 Å². The summed E-state index contributed by atoms with van der Waals surface area (Å²) in [6, 6.07) is 8.61. The van der Waals surface area contributed by atoms with Crippen molar-refractivity contribution in [1.29, 1.82) is 0 Å². The van der Waals surface area contributed by atoms with E-state index in [9.17, 15) is 4.79 Å². The molecule has 0 N–H and O–H groups in total. The molecule has 0 radical (unpaired) electrons. The average molecular weight is 290 g/mol. The smallest absolute Gasteiger partial charge is 0.239 e. The third-order valence-corrected chi connectivity index (χ3v) is 5.33. The van der Waals surface area contributed by atoms with Crippen LogP contribution in [0.2, 0.25) is 0 Å². The van der Waals surface area contributed by atoms with Crippen LogP contribution in [-0.4, -0.2) is 52.9 Å². The van der Waals surface area contributed by atoms with Crippen LogP contribution >= 0.6 is 11.8 Å². The summed E-state index contributed by atoms with van der Waals surface area (Å²) in [4.78, 5) is 17.0. The van der Waals surface area contributed by atoms with Gasteiger partial charge in [-0.3, -0.25) is 9.69 Å². The number of thioether (sulfide) groups is 1. The van der Waals surface area contributed by atoms with Gasteiger partial charge in [0.25, 0.3) is 0 Å². The fraction of sp³-hybridized carbons (Fsp3) is 0.562. The van der Waals surface area contributed by atoms with Crippen LogP contribution in [0.4, 0.5) is 0 Å². The molecule has 1 amide bonds. The van der Waals surface area contributed by atoms with E-state index in [1.165, 1.54) is 11.1 Å². The summed E-state index contributed by atoms with van der Waals surface area (Å²) < 4.78 is 0. The minimum absolute atomic E-state index is 0.00598. The Hall–Kier alpha value is -1.00. The van der Waals surface area contributed by atoms with Gasteiger partial charge in [-0.1, -0.05) is 24.3 Å². The van der Waals surface area contributed by atoms with E-state index in [1.807, 2.05) is 16.7 Å². The van der Waals surface area contributed by atoms with Gasteiger partial charge in [0.1, 0.15) is 0 Å². The Bertz CT molecular complexity index is 485. The van der Waals surface area contributed by atoms with Crippen molar-refractivity contribution in [2.45, 2.75) is 25.9 Å². The molecule has 1 unspecified atom stereocenters. The molecule has 0 aliphatic carbocycles. The van der Waals surface area contributed by atoms with Gasteiger partial charge in [0, 0.05) is 37.7 Å². The zero-order valence-corrected chi connectivity index (χ0v) is 12.9. The maximum Gasteiger partial charge on any atom is 0.239 e. The van der Waals surface area contributed by atoms with Crippen LogP contribution in [0.5, 0.6) is 0 Å². The number of amides is 1. The Morgan fingerprint density at radius 2 is 1.85 bits per heavy atom. The molecule has 3 rings (SSSR count). The van der Waals surface area contributed by atoms with Crippen molar-refractivity contribution in [2.24, 2.45) is 0 Å². The number of benzene rings is 1. The van der Waals surface area contributed by atoms with Crippen LogP contribution in [0.1, 0.15) is 18.1 Å². The second-order valence-electron chi connectivity index (χ2n) is 5.60. The van der Waals surface area contributed by atoms with Crippen LogP contribution in [0.15, 0.2) is 24.3 Å². The standard InChI is InChI=1S/C16H22N2OS/c1-13(16(19)17-8-10-20-11-9-17)18-7-6-14-4-2-3-5-15(14)12-18/h2-5,13H,6-12H2,1H3. The van der Waals surface area contributed by atoms with Gasteiger partial charge in [0.2, 0.25) is 5.91 Å². The van der Waals surface area contributed by atoms with E-state index >= 15 is 0 Å². The summed E-state index contributed by atoms with van der Waals surface area (Å²) in [7, 11) is 0. The van der Waals surface area contributed by atoms with Gasteiger partial charge in [-0.15, -0.1) is 0 Å². The van der Waals surface area contributed by atoms with Gasteiger partial charge in [0.05, 0.1) is 6.04 Å². The first-order valence-electron chi connectivity index (χ1n) is 7.43. The van der Waals surface area contributed by atoms with Gasteiger partial charge in [-0.05, 0) is 24.5 Å². The van der Waals surface area contributed by atoms with Gasteiger partial charge in [-0.25, -0.2) is 0 Å². The van der Waals surface area contributed by atoms with Gasteiger partial charge < -0.3 is 4.90 Å². The Morgan fingerprint density at radius 1 is 1.15 bits per heavy atom. The number of nitrogens with zero attached hydrogens (tertiary/aromatic N) is 2. The molecular formula is C16H22N2OS. The van der Waals surface area contributed by atoms with E-state index in [1.54, 1.807) is 0 Å². The number of hydrogen-bond donors (Lipinski definition) is 0. The van der Waals surface area contributed by atoms with Crippen LogP contribution in [0, 0.1) is 0 Å². The van der Waals surface area contributed by atoms with Crippen LogP contribution in [0.3, 0.4) is 0 Å². The quantitative estimate of drug-likeness (QED) is 0.832. The van der Waals surface area contributed by atoms with E-state index in [2.05, 4.69) is 36.1 Å². The highest BCUT2D eigenvalue weighted by atomic mass is 32.2. The Balaban J connectivity index is 1.66. The molecule has 0 saturated carbocycles. The lowest BCUT2D eigenvalue weighted by Gasteiger charge is -2.36. The monoisotopic (exact) mass is 290 g/mol. The van der Waals surface area contributed by atoms with E-state index < -0.39 is 0 Å². The molecule has 2 aliphatic heterocycles. The molecule has 1 fully saturated rings. The first-order chi connectivity index (χ1) is 9.75. The van der Waals surface area contributed by atoms with Crippen molar-refractivity contribution in [3.63, 3.8) is 0 Å². The van der Waals surface area contributed by atoms with E-state index in [4.69, 9.17) is 0 Å². The maximum absolute atomic E-state index is 12.6. The lowest BCUT2D eigenvalue weighted by Crippen LogP contribution is -2.50. The molecule has 0 bridgehead atoms. The number of rotatable bonds is 2. The lowest BCUT2D eigenvalue weighted by molar-refractivity contribution is -0.136. The Kier molecular flexibility index (Phi) is 4.32. The largest absolute Gasteiger partial charge is 0.340 e. The lowest BCUT2D eigenvalue weighted by atomic mass is 9.98. The molecule has 2 heterocycles. The zero-order valence-electron chi connectivity index (χ0n) is 12.0. The summed E-state index contributed by atoms with van der Waals surface area (Å²) in [5.41, 5.74) is 2.82. The highest BCUT2D eigenvalue weighted by Crippen LogP contribution is 2.21. The number of carbonyl (C=O) groups is 1. The normalized spacial score (nSPS) is 21.4. The summed E-state index contributed by atoms with van der Waals surface area (Å²) in [5, 5.41) is 0.